The second kappa shape index (κ2) is 11.3. The van der Waals surface area contributed by atoms with Crippen molar-refractivity contribution < 1.29 is 14.3 Å². The summed E-state index contributed by atoms with van der Waals surface area (Å²) in [7, 11) is 3.37. The van der Waals surface area contributed by atoms with Crippen LogP contribution in [-0.4, -0.2) is 57.1 Å². The van der Waals surface area contributed by atoms with Gasteiger partial charge in [-0.3, -0.25) is 9.59 Å². The number of nitrogens with zero attached hydrogens (tertiary/aromatic N) is 2. The first-order valence-corrected chi connectivity index (χ1v) is 13.1. The molecule has 1 N–H and O–H groups in total. The first kappa shape index (κ1) is 25.3. The summed E-state index contributed by atoms with van der Waals surface area (Å²) in [5.74, 6) is 2.00. The molecule has 0 radical (unpaired) electrons. The molecule has 6 nitrogen and oxygen atoms in total. The van der Waals surface area contributed by atoms with Gasteiger partial charge in [-0.1, -0.05) is 43.8 Å². The van der Waals surface area contributed by atoms with Crippen molar-refractivity contribution in [1.82, 2.24) is 10.2 Å². The number of rotatable bonds is 7. The van der Waals surface area contributed by atoms with Crippen LogP contribution in [0.1, 0.15) is 42.6 Å². The van der Waals surface area contributed by atoms with E-state index in [1.807, 2.05) is 48.5 Å². The highest BCUT2D eigenvalue weighted by atomic mass is 32.2. The number of fused-ring (bicyclic) bond motifs is 1. The van der Waals surface area contributed by atoms with Gasteiger partial charge in [0.25, 0.3) is 11.8 Å². The Labute approximate surface area is 212 Å². The van der Waals surface area contributed by atoms with E-state index in [9.17, 15) is 9.59 Å². The van der Waals surface area contributed by atoms with Crippen LogP contribution in [0.4, 0.5) is 5.69 Å². The van der Waals surface area contributed by atoms with E-state index in [0.29, 0.717) is 17.0 Å². The van der Waals surface area contributed by atoms with E-state index < -0.39 is 0 Å². The fourth-order valence-electron chi connectivity index (χ4n) is 5.04. The van der Waals surface area contributed by atoms with Crippen molar-refractivity contribution in [3.63, 3.8) is 0 Å². The lowest BCUT2D eigenvalue weighted by Gasteiger charge is -2.34. The number of ether oxygens (including phenoxy) is 1. The fraction of sp³-hybridized carbons (Fsp3) is 0.429. The Balaban J connectivity index is 1.38. The van der Waals surface area contributed by atoms with Gasteiger partial charge in [-0.05, 0) is 61.6 Å². The lowest BCUT2D eigenvalue weighted by Crippen LogP contribution is -2.40. The molecule has 2 unspecified atom stereocenters. The summed E-state index contributed by atoms with van der Waals surface area (Å²) < 4.78 is 5.42. The standard InChI is InChI=1S/C28H35N3O3S/c1-19-14-20(2)18-31(17-19)13-7-12-29-27(32)22-10-11-25-23(15-22)30(3)28(33)26(35-25)16-21-8-5-6-9-24(21)34-4/h5-6,8-11,15-16,19-20H,7,12-14,17-18H2,1-4H3,(H,29,32). The second-order valence-electron chi connectivity index (χ2n) is 9.71. The van der Waals surface area contributed by atoms with Gasteiger partial charge in [0.15, 0.2) is 0 Å². The molecule has 0 spiro atoms. The van der Waals surface area contributed by atoms with E-state index in [4.69, 9.17) is 4.74 Å². The molecule has 186 valence electrons. The van der Waals surface area contributed by atoms with E-state index in [1.165, 1.54) is 18.2 Å². The Morgan fingerprint density at radius 1 is 1.17 bits per heavy atom. The number of benzene rings is 2. The van der Waals surface area contributed by atoms with E-state index in [1.54, 1.807) is 19.1 Å². The average Bonchev–Trinajstić information content (AvgIpc) is 2.84. The molecule has 2 heterocycles. The summed E-state index contributed by atoms with van der Waals surface area (Å²) in [5, 5.41) is 3.05. The molecule has 0 bridgehead atoms. The number of likely N-dealkylation sites (tertiary alicyclic amines) is 1. The van der Waals surface area contributed by atoms with Gasteiger partial charge in [-0.15, -0.1) is 0 Å². The van der Waals surface area contributed by atoms with Crippen molar-refractivity contribution in [3.05, 3.63) is 58.5 Å². The Kier molecular flexibility index (Phi) is 8.19. The Morgan fingerprint density at radius 3 is 2.66 bits per heavy atom. The van der Waals surface area contributed by atoms with E-state index >= 15 is 0 Å². The van der Waals surface area contributed by atoms with Crippen LogP contribution < -0.4 is 15.0 Å². The molecule has 0 saturated carbocycles. The van der Waals surface area contributed by atoms with Crippen LogP contribution in [0.2, 0.25) is 0 Å². The molecule has 2 aromatic rings. The molecule has 2 aliphatic heterocycles. The summed E-state index contributed by atoms with van der Waals surface area (Å²) in [6.45, 7) is 8.58. The highest BCUT2D eigenvalue weighted by Gasteiger charge is 2.28. The quantitative estimate of drug-likeness (QED) is 0.439. The van der Waals surface area contributed by atoms with Gasteiger partial charge in [0.2, 0.25) is 0 Å². The molecular weight excluding hydrogens is 458 g/mol. The number of amides is 2. The Bertz CT molecular complexity index is 1110. The normalized spacial score (nSPS) is 21.7. The zero-order valence-electron chi connectivity index (χ0n) is 21.0. The maximum Gasteiger partial charge on any atom is 0.264 e. The first-order valence-electron chi connectivity index (χ1n) is 12.3. The van der Waals surface area contributed by atoms with Gasteiger partial charge in [-0.25, -0.2) is 0 Å². The molecule has 0 aromatic heterocycles. The zero-order chi connectivity index (χ0) is 24.9. The maximum absolute atomic E-state index is 13.1. The van der Waals surface area contributed by atoms with Crippen molar-refractivity contribution in [1.29, 1.82) is 0 Å². The molecule has 2 amide bonds. The molecule has 7 heteroatoms. The summed E-state index contributed by atoms with van der Waals surface area (Å²) >= 11 is 1.42. The Hall–Kier alpha value is -2.77. The van der Waals surface area contributed by atoms with E-state index in [-0.39, 0.29) is 11.8 Å². The number of anilines is 1. The minimum atomic E-state index is -0.102. The second-order valence-corrected chi connectivity index (χ2v) is 10.8. The summed E-state index contributed by atoms with van der Waals surface area (Å²) in [6.07, 6.45) is 4.09. The highest BCUT2D eigenvalue weighted by Crippen LogP contribution is 2.42. The van der Waals surface area contributed by atoms with Crippen LogP contribution in [0.5, 0.6) is 5.75 Å². The average molecular weight is 494 g/mol. The molecule has 1 saturated heterocycles. The molecule has 2 aliphatic rings. The first-order chi connectivity index (χ1) is 16.9. The number of thioether (sulfide) groups is 1. The highest BCUT2D eigenvalue weighted by molar-refractivity contribution is 8.04. The minimum absolute atomic E-state index is 0.101. The lowest BCUT2D eigenvalue weighted by atomic mass is 9.92. The number of methoxy groups -OCH3 is 1. The third-order valence-electron chi connectivity index (χ3n) is 6.62. The van der Waals surface area contributed by atoms with Crippen LogP contribution in [0.25, 0.3) is 6.08 Å². The van der Waals surface area contributed by atoms with E-state index in [0.717, 1.165) is 59.8 Å². The molecule has 0 aliphatic carbocycles. The zero-order valence-corrected chi connectivity index (χ0v) is 21.9. The predicted molar refractivity (Wildman–Crippen MR) is 143 cm³/mol. The lowest BCUT2D eigenvalue weighted by molar-refractivity contribution is -0.114. The molecule has 1 fully saturated rings. The van der Waals surface area contributed by atoms with Crippen LogP contribution in [-0.2, 0) is 4.79 Å². The largest absolute Gasteiger partial charge is 0.496 e. The number of piperidine rings is 1. The number of para-hydroxylation sites is 1. The predicted octanol–water partition coefficient (Wildman–Crippen LogP) is 4.90. The number of carbonyl (C=O) groups excluding carboxylic acids is 2. The monoisotopic (exact) mass is 493 g/mol. The van der Waals surface area contributed by atoms with Gasteiger partial charge in [-0.2, -0.15) is 0 Å². The third-order valence-corrected chi connectivity index (χ3v) is 7.70. The van der Waals surface area contributed by atoms with Crippen molar-refractivity contribution in [2.24, 2.45) is 11.8 Å². The number of hydrogen-bond acceptors (Lipinski definition) is 5. The SMILES string of the molecule is COc1ccccc1C=C1Sc2ccc(C(=O)NCCCN3CC(C)CC(C)C3)cc2N(C)C1=O. The van der Waals surface area contributed by atoms with Crippen molar-refractivity contribution in [3.8, 4) is 5.75 Å². The van der Waals surface area contributed by atoms with Gasteiger partial charge < -0.3 is 19.9 Å². The van der Waals surface area contributed by atoms with Crippen molar-refractivity contribution >= 4 is 35.3 Å². The fourth-order valence-corrected chi connectivity index (χ4v) is 6.13. The maximum atomic E-state index is 13.1. The smallest absolute Gasteiger partial charge is 0.264 e. The molecule has 2 aromatic carbocycles. The summed E-state index contributed by atoms with van der Waals surface area (Å²) in [6, 6.07) is 13.2. The number of hydrogen-bond donors (Lipinski definition) is 1. The van der Waals surface area contributed by atoms with Crippen LogP contribution in [0.3, 0.4) is 0 Å². The number of nitrogens with one attached hydrogen (secondary N) is 1. The van der Waals surface area contributed by atoms with Gasteiger partial charge in [0.05, 0.1) is 17.7 Å². The van der Waals surface area contributed by atoms with Crippen LogP contribution in [0, 0.1) is 11.8 Å². The third kappa shape index (κ3) is 6.08. The number of likely N-dealkylation sites (N-methyl/N-ethyl adjacent to an activating group) is 1. The van der Waals surface area contributed by atoms with Crippen molar-refractivity contribution in [2.45, 2.75) is 31.6 Å². The van der Waals surface area contributed by atoms with Gasteiger partial charge in [0, 0.05) is 42.7 Å². The van der Waals surface area contributed by atoms with Crippen LogP contribution in [0.15, 0.2) is 52.3 Å². The number of carbonyl (C=O) groups is 2. The van der Waals surface area contributed by atoms with E-state index in [2.05, 4.69) is 24.1 Å². The van der Waals surface area contributed by atoms with Gasteiger partial charge in [0.1, 0.15) is 5.75 Å². The van der Waals surface area contributed by atoms with Gasteiger partial charge >= 0.3 is 0 Å². The molecule has 35 heavy (non-hydrogen) atoms. The van der Waals surface area contributed by atoms with Crippen LogP contribution >= 0.6 is 11.8 Å². The minimum Gasteiger partial charge on any atom is -0.496 e. The molecule has 2 atom stereocenters. The summed E-state index contributed by atoms with van der Waals surface area (Å²) in [5.41, 5.74) is 2.18. The van der Waals surface area contributed by atoms with Crippen molar-refractivity contribution in [2.75, 3.05) is 45.2 Å². The Morgan fingerprint density at radius 2 is 1.91 bits per heavy atom. The topological polar surface area (TPSA) is 61.9 Å². The molecular formula is C28H35N3O3S. The molecule has 4 rings (SSSR count). The summed E-state index contributed by atoms with van der Waals surface area (Å²) in [4.78, 5) is 31.5.